The molecule has 1 aliphatic rings. The summed E-state index contributed by atoms with van der Waals surface area (Å²) >= 11 is 3.12. The van der Waals surface area contributed by atoms with E-state index in [0.29, 0.717) is 22.2 Å². The summed E-state index contributed by atoms with van der Waals surface area (Å²) in [4.78, 5) is 19.5. The van der Waals surface area contributed by atoms with Crippen LogP contribution in [0.4, 0.5) is 10.1 Å². The van der Waals surface area contributed by atoms with Gasteiger partial charge in [0.25, 0.3) is 0 Å². The number of para-hydroxylation sites is 1. The van der Waals surface area contributed by atoms with E-state index in [4.69, 9.17) is 0 Å². The van der Waals surface area contributed by atoms with Crippen molar-refractivity contribution in [3.05, 3.63) is 57.8 Å². The summed E-state index contributed by atoms with van der Waals surface area (Å²) < 4.78 is 13.9. The molecule has 0 aliphatic carbocycles. The predicted octanol–water partition coefficient (Wildman–Crippen LogP) is 4.09. The van der Waals surface area contributed by atoms with E-state index in [1.165, 1.54) is 12.1 Å². The highest BCUT2D eigenvalue weighted by Crippen LogP contribution is 2.36. The number of aromatic hydroxyl groups is 1. The molecule has 2 aromatic carbocycles. The quantitative estimate of drug-likeness (QED) is 0.687. The number of nitrogens with zero attached hydrogens (tertiary/aromatic N) is 1. The Kier molecular flexibility index (Phi) is 2.71. The number of Topliss-reactive ketones (excluding diaryl/α,β-unsaturated/α-hetero) is 1. The predicted molar refractivity (Wildman–Crippen MR) is 84.6 cm³/mol. The minimum atomic E-state index is -0.455. The molecule has 2 heterocycles. The summed E-state index contributed by atoms with van der Waals surface area (Å²) in [6.07, 6.45) is 0. The van der Waals surface area contributed by atoms with Crippen molar-refractivity contribution >= 4 is 44.0 Å². The number of carbonyl (C=O) groups excluding carboxylic acids is 1. The molecule has 0 atom stereocenters. The Balaban J connectivity index is 1.99. The van der Waals surface area contributed by atoms with Crippen LogP contribution in [0.1, 0.15) is 15.9 Å². The average Bonchev–Trinajstić information content (AvgIpc) is 2.97. The molecule has 0 bridgehead atoms. The molecule has 0 saturated carbocycles. The van der Waals surface area contributed by atoms with E-state index in [-0.39, 0.29) is 27.4 Å². The van der Waals surface area contributed by atoms with Crippen molar-refractivity contribution in [2.75, 3.05) is 0 Å². The largest absolute Gasteiger partial charge is 0.494 e. The Bertz CT molecular complexity index is 991. The Labute approximate surface area is 132 Å². The van der Waals surface area contributed by atoms with Crippen molar-refractivity contribution in [3.8, 4) is 5.88 Å². The van der Waals surface area contributed by atoms with Gasteiger partial charge in [-0.15, -0.1) is 0 Å². The lowest BCUT2D eigenvalue weighted by molar-refractivity contribution is 0.107. The second-order valence-electron chi connectivity index (χ2n) is 4.97. The molecule has 0 fully saturated rings. The molecule has 6 heteroatoms. The van der Waals surface area contributed by atoms with E-state index in [0.717, 1.165) is 0 Å². The van der Waals surface area contributed by atoms with Crippen LogP contribution in [0, 0.1) is 5.82 Å². The molecule has 22 heavy (non-hydrogen) atoms. The number of nitrogens with one attached hydrogen (secondary N) is 1. The van der Waals surface area contributed by atoms with Gasteiger partial charge in [0.2, 0.25) is 5.78 Å². The molecule has 3 aromatic rings. The highest BCUT2D eigenvalue weighted by Gasteiger charge is 2.30. The minimum Gasteiger partial charge on any atom is -0.494 e. The summed E-state index contributed by atoms with van der Waals surface area (Å²) in [5, 5.41) is 10.7. The number of aliphatic imine (C=N–C) groups is 1. The van der Waals surface area contributed by atoms with E-state index in [1.807, 2.05) is 0 Å². The Morgan fingerprint density at radius 3 is 2.77 bits per heavy atom. The first-order valence-corrected chi connectivity index (χ1v) is 7.28. The second kappa shape index (κ2) is 4.51. The lowest BCUT2D eigenvalue weighted by Crippen LogP contribution is -2.10. The monoisotopic (exact) mass is 358 g/mol. The highest BCUT2D eigenvalue weighted by atomic mass is 79.9. The maximum atomic E-state index is 13.6. The van der Waals surface area contributed by atoms with E-state index in [9.17, 15) is 14.3 Å². The van der Waals surface area contributed by atoms with Gasteiger partial charge >= 0.3 is 0 Å². The number of rotatable bonds is 1. The van der Waals surface area contributed by atoms with Crippen LogP contribution in [0.5, 0.6) is 5.88 Å². The van der Waals surface area contributed by atoms with Crippen LogP contribution in [0.2, 0.25) is 0 Å². The fourth-order valence-electron chi connectivity index (χ4n) is 2.65. The number of hydrogen-bond acceptors (Lipinski definition) is 3. The van der Waals surface area contributed by atoms with Gasteiger partial charge in [-0.25, -0.2) is 9.38 Å². The van der Waals surface area contributed by atoms with Crippen molar-refractivity contribution in [1.82, 2.24) is 4.98 Å². The maximum absolute atomic E-state index is 13.6. The van der Waals surface area contributed by atoms with Crippen LogP contribution in [0.3, 0.4) is 0 Å². The number of aromatic amines is 1. The van der Waals surface area contributed by atoms with Gasteiger partial charge in [0.05, 0.1) is 21.2 Å². The fourth-order valence-corrected chi connectivity index (χ4v) is 2.99. The minimum absolute atomic E-state index is 0.156. The second-order valence-corrected chi connectivity index (χ2v) is 5.82. The lowest BCUT2D eigenvalue weighted by atomic mass is 10.0. The number of halogens is 2. The number of hydrogen-bond donors (Lipinski definition) is 2. The molecule has 1 aliphatic heterocycles. The van der Waals surface area contributed by atoms with Crippen molar-refractivity contribution in [3.63, 3.8) is 0 Å². The molecule has 2 N–H and O–H groups in total. The van der Waals surface area contributed by atoms with Gasteiger partial charge in [0.15, 0.2) is 5.88 Å². The van der Waals surface area contributed by atoms with Gasteiger partial charge in [-0.1, -0.05) is 12.1 Å². The molecular weight excluding hydrogens is 351 g/mol. The standard InChI is InChI=1S/C16H8BrFN2O2/c17-9-5-8-12(6-10(9)18)20-16(22)13(8)14-15(21)7-3-1-2-4-11(7)19-14/h1-6,20,22H. The van der Waals surface area contributed by atoms with Crippen molar-refractivity contribution in [1.29, 1.82) is 0 Å². The first-order valence-electron chi connectivity index (χ1n) is 6.48. The molecular formula is C16H8BrFN2O2. The van der Waals surface area contributed by atoms with Crippen LogP contribution < -0.4 is 0 Å². The average molecular weight is 359 g/mol. The number of carbonyl (C=O) groups is 1. The summed E-state index contributed by atoms with van der Waals surface area (Å²) in [5.41, 5.74) is 1.91. The zero-order valence-corrected chi connectivity index (χ0v) is 12.6. The van der Waals surface area contributed by atoms with Gasteiger partial charge in [-0.05, 0) is 40.2 Å². The van der Waals surface area contributed by atoms with Crippen LogP contribution in [-0.4, -0.2) is 21.6 Å². The molecule has 0 radical (unpaired) electrons. The summed E-state index contributed by atoms with van der Waals surface area (Å²) in [6, 6.07) is 9.76. The first-order chi connectivity index (χ1) is 10.6. The Morgan fingerprint density at radius 1 is 1.23 bits per heavy atom. The number of ketones is 1. The van der Waals surface area contributed by atoms with E-state index >= 15 is 0 Å². The molecule has 0 amide bonds. The Hall–Kier alpha value is -2.47. The van der Waals surface area contributed by atoms with Gasteiger partial charge in [-0.3, -0.25) is 4.79 Å². The van der Waals surface area contributed by atoms with Crippen LogP contribution in [-0.2, 0) is 0 Å². The van der Waals surface area contributed by atoms with Gasteiger partial charge in [-0.2, -0.15) is 0 Å². The van der Waals surface area contributed by atoms with Gasteiger partial charge in [0, 0.05) is 10.9 Å². The zero-order chi connectivity index (χ0) is 15.4. The van der Waals surface area contributed by atoms with Crippen molar-refractivity contribution < 1.29 is 14.3 Å². The fraction of sp³-hybridized carbons (Fsp3) is 0. The summed E-state index contributed by atoms with van der Waals surface area (Å²) in [6.45, 7) is 0. The van der Waals surface area contributed by atoms with Gasteiger partial charge in [0.1, 0.15) is 11.5 Å². The molecule has 108 valence electrons. The van der Waals surface area contributed by atoms with Crippen LogP contribution >= 0.6 is 15.9 Å². The van der Waals surface area contributed by atoms with Crippen LogP contribution in [0.15, 0.2) is 45.9 Å². The smallest absolute Gasteiger partial charge is 0.214 e. The first kappa shape index (κ1) is 13.2. The number of benzene rings is 2. The third-order valence-electron chi connectivity index (χ3n) is 3.65. The molecule has 0 unspecified atom stereocenters. The topological polar surface area (TPSA) is 65.4 Å². The van der Waals surface area contributed by atoms with E-state index < -0.39 is 5.82 Å². The lowest BCUT2D eigenvalue weighted by Gasteiger charge is -2.00. The zero-order valence-electron chi connectivity index (χ0n) is 11.0. The molecule has 4 rings (SSSR count). The summed E-state index contributed by atoms with van der Waals surface area (Å²) in [7, 11) is 0. The van der Waals surface area contributed by atoms with Crippen molar-refractivity contribution in [2.45, 2.75) is 0 Å². The maximum Gasteiger partial charge on any atom is 0.214 e. The normalized spacial score (nSPS) is 13.5. The summed E-state index contributed by atoms with van der Waals surface area (Å²) in [5.74, 6) is -0.914. The number of fused-ring (bicyclic) bond motifs is 2. The molecule has 0 saturated heterocycles. The van der Waals surface area contributed by atoms with Crippen LogP contribution in [0.25, 0.3) is 10.9 Å². The van der Waals surface area contributed by atoms with E-state index in [1.54, 1.807) is 24.3 Å². The molecule has 0 spiro atoms. The molecule has 4 nitrogen and oxygen atoms in total. The number of aromatic nitrogens is 1. The third kappa shape index (κ3) is 1.74. The SMILES string of the molecule is O=C1C(c2c(O)[nH]c3cc(F)c(Br)cc23)=Nc2ccccc21. The van der Waals surface area contributed by atoms with Crippen molar-refractivity contribution in [2.24, 2.45) is 4.99 Å². The number of H-pyrrole nitrogens is 1. The van der Waals surface area contributed by atoms with E-state index in [2.05, 4.69) is 25.9 Å². The highest BCUT2D eigenvalue weighted by molar-refractivity contribution is 9.10. The third-order valence-corrected chi connectivity index (χ3v) is 4.26. The van der Waals surface area contributed by atoms with Gasteiger partial charge < -0.3 is 10.1 Å². The molecule has 1 aromatic heterocycles. The Morgan fingerprint density at radius 2 is 2.00 bits per heavy atom.